The van der Waals surface area contributed by atoms with Crippen molar-refractivity contribution < 1.29 is 78.3 Å². The highest BCUT2D eigenvalue weighted by atomic mass is 32.2. The first-order chi connectivity index (χ1) is 39.4. The molecule has 0 spiro atoms. The molecule has 9 amide bonds. The molecule has 0 saturated carbocycles. The molecule has 0 fully saturated rings. The molecular formula is C56H86N10O16S2. The van der Waals surface area contributed by atoms with E-state index in [0.717, 1.165) is 0 Å². The van der Waals surface area contributed by atoms with Crippen LogP contribution in [-0.4, -0.2) is 175 Å². The molecule has 2 aromatic rings. The first kappa shape index (κ1) is 72.9. The van der Waals surface area contributed by atoms with Crippen molar-refractivity contribution in [1.29, 1.82) is 0 Å². The van der Waals surface area contributed by atoms with E-state index in [-0.39, 0.29) is 42.9 Å². The SMILES string of the molecule is CC[C@H](C)[C@H](NC(=O)[C@@H](NC(=O)[C@H](CS)NC(=O)[C@@H](NC(=O)[C@@H](N)Cc1ccc(O)cc1)[C@@H](C)CC)[C@@H](C)O)C(=O)N[C@@H](CC(=O)O)C(=O)N[C@H](C(=O)N[C@@H](Cc1ccc(O)cc1)C(=O)N[C@@H](CCSC)C(=O)N[C@H](C(=O)O)C(C)C)C(C)C. The third kappa shape index (κ3) is 23.8. The van der Waals surface area contributed by atoms with Crippen molar-refractivity contribution in [2.24, 2.45) is 29.4 Å². The third-order valence-corrected chi connectivity index (χ3v) is 14.9. The highest BCUT2D eigenvalue weighted by molar-refractivity contribution is 7.98. The number of hydrogen-bond donors (Lipinski definition) is 16. The van der Waals surface area contributed by atoms with Gasteiger partial charge in [-0.2, -0.15) is 24.4 Å². The number of thioether (sulfide) groups is 1. The number of hydrogen-bond acceptors (Lipinski definition) is 17. The number of nitrogens with two attached hydrogens (primary N) is 1. The topological polar surface area (TPSA) is 423 Å². The Labute approximate surface area is 499 Å². The second-order valence-electron chi connectivity index (χ2n) is 21.4. The summed E-state index contributed by atoms with van der Waals surface area (Å²) in [6.07, 6.45) is -0.369. The number of amides is 9. The highest BCUT2D eigenvalue weighted by Crippen LogP contribution is 2.17. The molecule has 0 bridgehead atoms. The fourth-order valence-corrected chi connectivity index (χ4v) is 9.05. The van der Waals surface area contributed by atoms with Crippen LogP contribution in [0.2, 0.25) is 0 Å². The van der Waals surface area contributed by atoms with Gasteiger partial charge in [0.2, 0.25) is 53.2 Å². The Bertz CT molecular complexity index is 2560. The maximum atomic E-state index is 14.2. The number of carbonyl (C=O) groups is 11. The molecule has 26 nitrogen and oxygen atoms in total. The van der Waals surface area contributed by atoms with Gasteiger partial charge >= 0.3 is 11.9 Å². The number of aliphatic hydroxyl groups excluding tert-OH is 1. The minimum atomic E-state index is -1.90. The molecule has 0 aromatic heterocycles. The molecule has 2 rings (SSSR count). The molecule has 0 unspecified atom stereocenters. The first-order valence-electron chi connectivity index (χ1n) is 27.7. The molecule has 84 heavy (non-hydrogen) atoms. The van der Waals surface area contributed by atoms with Crippen molar-refractivity contribution in [2.45, 2.75) is 167 Å². The number of phenolic OH excluding ortho intramolecular Hbond substituents is 2. The van der Waals surface area contributed by atoms with Gasteiger partial charge in [-0.25, -0.2) is 4.79 Å². The minimum Gasteiger partial charge on any atom is -0.508 e. The van der Waals surface area contributed by atoms with Gasteiger partial charge in [-0.3, -0.25) is 47.9 Å². The van der Waals surface area contributed by atoms with E-state index in [2.05, 4.69) is 60.5 Å². The molecule has 0 heterocycles. The summed E-state index contributed by atoms with van der Waals surface area (Å²) >= 11 is 5.58. The second kappa shape index (κ2) is 35.9. The molecule has 468 valence electrons. The van der Waals surface area contributed by atoms with E-state index < -0.39 is 162 Å². The number of carboxylic acid groups (broad SMARTS) is 2. The number of rotatable bonds is 36. The van der Waals surface area contributed by atoms with Crippen molar-refractivity contribution in [2.75, 3.05) is 17.8 Å². The lowest BCUT2D eigenvalue weighted by Crippen LogP contribution is -2.63. The van der Waals surface area contributed by atoms with E-state index in [1.807, 2.05) is 0 Å². The predicted molar refractivity (Wildman–Crippen MR) is 316 cm³/mol. The lowest BCUT2D eigenvalue weighted by molar-refractivity contribution is -0.143. The molecule has 13 atom stereocenters. The Hall–Kier alpha value is -7.17. The van der Waals surface area contributed by atoms with Crippen LogP contribution < -0.4 is 53.6 Å². The van der Waals surface area contributed by atoms with Crippen LogP contribution in [0.3, 0.4) is 0 Å². The molecule has 28 heteroatoms. The molecule has 0 aliphatic heterocycles. The van der Waals surface area contributed by atoms with Gasteiger partial charge < -0.3 is 79.1 Å². The van der Waals surface area contributed by atoms with Crippen molar-refractivity contribution in [3.8, 4) is 11.5 Å². The van der Waals surface area contributed by atoms with Crippen LogP contribution in [0.4, 0.5) is 0 Å². The Kier molecular flexibility index (Phi) is 31.1. The number of aliphatic carboxylic acids is 2. The van der Waals surface area contributed by atoms with Crippen molar-refractivity contribution >= 4 is 89.5 Å². The molecule has 16 N–H and O–H groups in total. The van der Waals surface area contributed by atoms with Gasteiger partial charge in [0, 0.05) is 12.2 Å². The van der Waals surface area contributed by atoms with E-state index in [0.29, 0.717) is 23.3 Å². The van der Waals surface area contributed by atoms with Crippen molar-refractivity contribution in [1.82, 2.24) is 47.9 Å². The summed E-state index contributed by atoms with van der Waals surface area (Å²) in [6, 6.07) is -2.79. The molecule has 2 aromatic carbocycles. The monoisotopic (exact) mass is 1220 g/mol. The maximum Gasteiger partial charge on any atom is 0.326 e. The summed E-state index contributed by atoms with van der Waals surface area (Å²) in [5, 5.41) is 72.5. The summed E-state index contributed by atoms with van der Waals surface area (Å²) in [5.74, 6) is -13.8. The van der Waals surface area contributed by atoms with E-state index in [9.17, 15) is 78.3 Å². The van der Waals surface area contributed by atoms with Gasteiger partial charge in [0.15, 0.2) is 0 Å². The van der Waals surface area contributed by atoms with Gasteiger partial charge in [0.05, 0.1) is 18.6 Å². The number of aromatic hydroxyl groups is 2. The summed E-state index contributed by atoms with van der Waals surface area (Å²) in [4.78, 5) is 149. The van der Waals surface area contributed by atoms with E-state index >= 15 is 0 Å². The quantitative estimate of drug-likeness (QED) is 0.0386. The van der Waals surface area contributed by atoms with Crippen LogP contribution in [0, 0.1) is 23.7 Å². The number of carboxylic acids is 2. The number of carbonyl (C=O) groups excluding carboxylic acids is 9. The number of aliphatic hydroxyl groups is 1. The van der Waals surface area contributed by atoms with E-state index in [1.165, 1.54) is 68.9 Å². The minimum absolute atomic E-state index is 0.0199. The number of thiol groups is 1. The number of nitrogens with one attached hydrogen (secondary N) is 9. The average Bonchev–Trinajstić information content (AvgIpc) is 3.59. The third-order valence-electron chi connectivity index (χ3n) is 13.9. The van der Waals surface area contributed by atoms with Crippen LogP contribution in [0.1, 0.15) is 99.1 Å². The zero-order valence-electron chi connectivity index (χ0n) is 49.1. The summed E-state index contributed by atoms with van der Waals surface area (Å²) in [5.41, 5.74) is 7.25. The zero-order chi connectivity index (χ0) is 63.7. The normalized spacial score (nSPS) is 15.9. The molecule has 0 radical (unpaired) electrons. The van der Waals surface area contributed by atoms with E-state index in [4.69, 9.17) is 5.73 Å². The standard InChI is InChI=1S/C56H86N10O16S2/c1-11-29(7)44(64-47(72)36(57)23-32-13-17-34(68)18-14-32)54(79)61-40(26-83)51(76)66-46(31(9)67)55(80)65-45(30(8)12-2)53(78)60-39(25-41(70)71)50(75)62-42(27(3)4)52(77)59-38(24-33-15-19-35(69)20-16-33)49(74)58-37(21-22-84-10)48(73)63-43(28(5)6)56(81)82/h13-20,27-31,36-40,42-46,67-69,83H,11-12,21-26,57H2,1-10H3,(H,58,74)(H,59,77)(H,60,78)(H,61,79)(H,62,75)(H,63,73)(H,64,72)(H,65,80)(H,66,76)(H,70,71)(H,81,82)/t29-,30-,31+,36-,37-,38-,39-,40-,42-,43-,44-,45-,46-/m0/s1. The summed E-state index contributed by atoms with van der Waals surface area (Å²) in [7, 11) is 0. The first-order valence-corrected chi connectivity index (χ1v) is 29.7. The summed E-state index contributed by atoms with van der Waals surface area (Å²) in [6.45, 7) is 14.1. The van der Waals surface area contributed by atoms with Crippen LogP contribution in [0.5, 0.6) is 11.5 Å². The Balaban J connectivity index is 2.38. The van der Waals surface area contributed by atoms with Crippen LogP contribution in [0.25, 0.3) is 0 Å². The van der Waals surface area contributed by atoms with E-state index in [1.54, 1.807) is 59.9 Å². The Morgan fingerprint density at radius 1 is 0.488 bits per heavy atom. The fourth-order valence-electron chi connectivity index (χ4n) is 8.32. The van der Waals surface area contributed by atoms with Gasteiger partial charge in [0.25, 0.3) is 0 Å². The maximum absolute atomic E-state index is 14.2. The van der Waals surface area contributed by atoms with Gasteiger partial charge in [0.1, 0.15) is 65.9 Å². The van der Waals surface area contributed by atoms with Crippen molar-refractivity contribution in [3.63, 3.8) is 0 Å². The fraction of sp³-hybridized carbons (Fsp3) is 0.589. The Morgan fingerprint density at radius 2 is 0.857 bits per heavy atom. The number of benzene rings is 2. The highest BCUT2D eigenvalue weighted by Gasteiger charge is 2.39. The average molecular weight is 1220 g/mol. The number of phenols is 2. The van der Waals surface area contributed by atoms with Crippen molar-refractivity contribution in [3.05, 3.63) is 59.7 Å². The smallest absolute Gasteiger partial charge is 0.326 e. The lowest BCUT2D eigenvalue weighted by atomic mass is 9.96. The largest absolute Gasteiger partial charge is 0.508 e. The summed E-state index contributed by atoms with van der Waals surface area (Å²) < 4.78 is 0. The second-order valence-corrected chi connectivity index (χ2v) is 22.8. The molecular weight excluding hydrogens is 1130 g/mol. The zero-order valence-corrected chi connectivity index (χ0v) is 50.8. The predicted octanol–water partition coefficient (Wildman–Crippen LogP) is -0.399. The molecule has 0 aliphatic carbocycles. The molecule has 0 saturated heterocycles. The Morgan fingerprint density at radius 3 is 1.30 bits per heavy atom. The van der Waals surface area contributed by atoms with Gasteiger partial charge in [-0.1, -0.05) is 92.5 Å². The molecule has 0 aliphatic rings. The lowest BCUT2D eigenvalue weighted by Gasteiger charge is -2.31. The van der Waals surface area contributed by atoms with Gasteiger partial charge in [-0.05, 0) is 90.8 Å². The van der Waals surface area contributed by atoms with Crippen LogP contribution in [-0.2, 0) is 65.6 Å². The van der Waals surface area contributed by atoms with Gasteiger partial charge in [-0.15, -0.1) is 0 Å². The van der Waals surface area contributed by atoms with Crippen LogP contribution >= 0.6 is 24.4 Å². The van der Waals surface area contributed by atoms with Crippen LogP contribution in [0.15, 0.2) is 48.5 Å².